The van der Waals surface area contributed by atoms with Gasteiger partial charge in [-0.3, -0.25) is 0 Å². The zero-order valence-electron chi connectivity index (χ0n) is 16.8. The smallest absolute Gasteiger partial charge is 0.407 e. The number of halogens is 1. The summed E-state index contributed by atoms with van der Waals surface area (Å²) in [5, 5.41) is 3.01. The average Bonchev–Trinajstić information content (AvgIpc) is 3.08. The Morgan fingerprint density at radius 3 is 2.50 bits per heavy atom. The SMILES string of the molecule is O=C(N[C@H]1CCN(C(=O)N2CCC2)[C@H]1Cc1cccc(Br)c1)OCc1ccccc1. The van der Waals surface area contributed by atoms with Crippen LogP contribution in [0.5, 0.6) is 0 Å². The maximum absolute atomic E-state index is 12.9. The first-order valence-electron chi connectivity index (χ1n) is 10.4. The maximum Gasteiger partial charge on any atom is 0.407 e. The number of benzene rings is 2. The fourth-order valence-electron chi connectivity index (χ4n) is 4.02. The lowest BCUT2D eigenvalue weighted by Crippen LogP contribution is -2.54. The van der Waals surface area contributed by atoms with E-state index in [1.165, 1.54) is 0 Å². The summed E-state index contributed by atoms with van der Waals surface area (Å²) in [5.74, 6) is 0. The largest absolute Gasteiger partial charge is 0.445 e. The van der Waals surface area contributed by atoms with Gasteiger partial charge in [-0.25, -0.2) is 9.59 Å². The molecule has 2 aromatic rings. The van der Waals surface area contributed by atoms with Gasteiger partial charge in [-0.15, -0.1) is 0 Å². The minimum absolute atomic E-state index is 0.0724. The molecule has 0 unspecified atom stereocenters. The summed E-state index contributed by atoms with van der Waals surface area (Å²) in [6.07, 6.45) is 2.02. The highest BCUT2D eigenvalue weighted by molar-refractivity contribution is 9.10. The number of hydrogen-bond donors (Lipinski definition) is 1. The number of hydrogen-bond acceptors (Lipinski definition) is 3. The topological polar surface area (TPSA) is 61.9 Å². The van der Waals surface area contributed by atoms with E-state index in [2.05, 4.69) is 33.4 Å². The number of rotatable bonds is 5. The number of ether oxygens (including phenoxy) is 1. The molecule has 0 radical (unpaired) electrons. The molecule has 6 nitrogen and oxygen atoms in total. The summed E-state index contributed by atoms with van der Waals surface area (Å²) in [7, 11) is 0. The average molecular weight is 472 g/mol. The Hall–Kier alpha value is -2.54. The Morgan fingerprint density at radius 2 is 1.80 bits per heavy atom. The number of nitrogens with zero attached hydrogens (tertiary/aromatic N) is 2. The van der Waals surface area contributed by atoms with Crippen molar-refractivity contribution in [2.24, 2.45) is 0 Å². The van der Waals surface area contributed by atoms with Crippen LogP contribution in [0.4, 0.5) is 9.59 Å². The number of alkyl carbamates (subject to hydrolysis) is 1. The standard InChI is InChI=1S/C23H26BrN3O3/c24-19-9-4-8-18(14-19)15-21-20(10-13-27(21)23(29)26-11-5-12-26)25-22(28)30-16-17-6-2-1-3-7-17/h1-4,6-9,14,20-21H,5,10-13,15-16H2,(H,25,28)/t20-,21-/m0/s1. The van der Waals surface area contributed by atoms with Crippen LogP contribution in [-0.2, 0) is 17.8 Å². The zero-order chi connectivity index (χ0) is 20.9. The molecule has 2 aromatic carbocycles. The van der Waals surface area contributed by atoms with Gasteiger partial charge in [-0.1, -0.05) is 58.4 Å². The van der Waals surface area contributed by atoms with Crippen LogP contribution < -0.4 is 5.32 Å². The highest BCUT2D eigenvalue weighted by Crippen LogP contribution is 2.26. The van der Waals surface area contributed by atoms with Gasteiger partial charge in [0.1, 0.15) is 6.61 Å². The lowest BCUT2D eigenvalue weighted by atomic mass is 10.00. The van der Waals surface area contributed by atoms with Crippen LogP contribution in [0.3, 0.4) is 0 Å². The summed E-state index contributed by atoms with van der Waals surface area (Å²) in [4.78, 5) is 29.2. The number of likely N-dealkylation sites (tertiary alicyclic amines) is 2. The lowest BCUT2D eigenvalue weighted by Gasteiger charge is -2.37. The summed E-state index contributed by atoms with van der Waals surface area (Å²) >= 11 is 3.52. The molecule has 2 aliphatic heterocycles. The van der Waals surface area contributed by atoms with Crippen molar-refractivity contribution in [1.29, 1.82) is 0 Å². The molecule has 158 valence electrons. The van der Waals surface area contributed by atoms with E-state index in [4.69, 9.17) is 4.74 Å². The zero-order valence-corrected chi connectivity index (χ0v) is 18.4. The molecule has 0 saturated carbocycles. The van der Waals surface area contributed by atoms with Crippen molar-refractivity contribution in [2.45, 2.75) is 38.0 Å². The molecule has 0 aliphatic carbocycles. The van der Waals surface area contributed by atoms with Gasteiger partial charge in [-0.05, 0) is 42.5 Å². The monoisotopic (exact) mass is 471 g/mol. The third-order valence-electron chi connectivity index (χ3n) is 5.77. The Balaban J connectivity index is 1.43. The Bertz CT molecular complexity index is 888. The van der Waals surface area contributed by atoms with E-state index in [0.717, 1.165) is 41.5 Å². The van der Waals surface area contributed by atoms with Crippen molar-refractivity contribution in [3.8, 4) is 0 Å². The van der Waals surface area contributed by atoms with Gasteiger partial charge in [0.25, 0.3) is 0 Å². The molecule has 0 aromatic heterocycles. The van der Waals surface area contributed by atoms with Crippen molar-refractivity contribution in [2.75, 3.05) is 19.6 Å². The fraction of sp³-hybridized carbons (Fsp3) is 0.391. The predicted octanol–water partition coefficient (Wildman–Crippen LogP) is 4.19. The van der Waals surface area contributed by atoms with Crippen LogP contribution in [0.1, 0.15) is 24.0 Å². The Labute approximate surface area is 185 Å². The van der Waals surface area contributed by atoms with Crippen molar-refractivity contribution in [3.63, 3.8) is 0 Å². The number of carbonyl (C=O) groups is 2. The number of amides is 3. The van der Waals surface area contributed by atoms with Crippen LogP contribution >= 0.6 is 15.9 Å². The number of urea groups is 1. The molecule has 4 rings (SSSR count). The van der Waals surface area contributed by atoms with Crippen molar-refractivity contribution in [3.05, 3.63) is 70.2 Å². The van der Waals surface area contributed by atoms with E-state index < -0.39 is 6.09 Å². The fourth-order valence-corrected chi connectivity index (χ4v) is 4.47. The van der Waals surface area contributed by atoms with Crippen molar-refractivity contribution < 1.29 is 14.3 Å². The molecule has 2 aliphatic rings. The van der Waals surface area contributed by atoms with Gasteiger partial charge in [0.2, 0.25) is 0 Å². The summed E-state index contributed by atoms with van der Waals surface area (Å²) in [6, 6.07) is 17.5. The molecule has 30 heavy (non-hydrogen) atoms. The van der Waals surface area contributed by atoms with E-state index in [9.17, 15) is 9.59 Å². The van der Waals surface area contributed by atoms with E-state index in [1.807, 2.05) is 52.3 Å². The molecule has 2 saturated heterocycles. The molecule has 2 heterocycles. The van der Waals surface area contributed by atoms with Gasteiger partial charge in [0.05, 0.1) is 12.1 Å². The molecule has 2 atom stereocenters. The summed E-state index contributed by atoms with van der Waals surface area (Å²) in [5.41, 5.74) is 2.07. The Morgan fingerprint density at radius 1 is 1.03 bits per heavy atom. The summed E-state index contributed by atoms with van der Waals surface area (Å²) in [6.45, 7) is 2.50. The predicted molar refractivity (Wildman–Crippen MR) is 118 cm³/mol. The van der Waals surface area contributed by atoms with Crippen LogP contribution in [-0.4, -0.2) is 53.6 Å². The second kappa shape index (κ2) is 9.51. The van der Waals surface area contributed by atoms with Crippen LogP contribution in [0.2, 0.25) is 0 Å². The first-order chi connectivity index (χ1) is 14.6. The Kier molecular flexibility index (Phi) is 6.57. The second-order valence-corrected chi connectivity index (χ2v) is 8.73. The van der Waals surface area contributed by atoms with Crippen LogP contribution in [0, 0.1) is 0 Å². The molecule has 7 heteroatoms. The molecular weight excluding hydrogens is 446 g/mol. The molecule has 1 N–H and O–H groups in total. The molecule has 3 amide bonds. The van der Waals surface area contributed by atoms with Gasteiger partial charge in [0, 0.05) is 24.1 Å². The lowest BCUT2D eigenvalue weighted by molar-refractivity contribution is 0.115. The summed E-state index contributed by atoms with van der Waals surface area (Å²) < 4.78 is 6.42. The second-order valence-electron chi connectivity index (χ2n) is 7.82. The van der Waals surface area contributed by atoms with Gasteiger partial charge < -0.3 is 19.9 Å². The third-order valence-corrected chi connectivity index (χ3v) is 6.26. The van der Waals surface area contributed by atoms with Gasteiger partial charge in [0.15, 0.2) is 0 Å². The number of carbonyl (C=O) groups excluding carboxylic acids is 2. The van der Waals surface area contributed by atoms with Crippen LogP contribution in [0.25, 0.3) is 0 Å². The van der Waals surface area contributed by atoms with E-state index in [-0.39, 0.29) is 24.7 Å². The van der Waals surface area contributed by atoms with E-state index in [1.54, 1.807) is 0 Å². The van der Waals surface area contributed by atoms with Gasteiger partial charge >= 0.3 is 12.1 Å². The minimum Gasteiger partial charge on any atom is -0.445 e. The van der Waals surface area contributed by atoms with Crippen molar-refractivity contribution in [1.82, 2.24) is 15.1 Å². The molecule has 0 bridgehead atoms. The highest BCUT2D eigenvalue weighted by Gasteiger charge is 2.40. The molecular formula is C23H26BrN3O3. The maximum atomic E-state index is 12.9. The normalized spacial score (nSPS) is 20.6. The first kappa shape index (κ1) is 20.7. The first-order valence-corrected chi connectivity index (χ1v) is 11.2. The van der Waals surface area contributed by atoms with E-state index in [0.29, 0.717) is 13.0 Å². The molecule has 2 fully saturated rings. The van der Waals surface area contributed by atoms with E-state index >= 15 is 0 Å². The third kappa shape index (κ3) is 4.95. The van der Waals surface area contributed by atoms with Gasteiger partial charge in [-0.2, -0.15) is 0 Å². The van der Waals surface area contributed by atoms with Crippen LogP contribution in [0.15, 0.2) is 59.1 Å². The number of nitrogens with one attached hydrogen (secondary N) is 1. The highest BCUT2D eigenvalue weighted by atomic mass is 79.9. The quantitative estimate of drug-likeness (QED) is 0.710. The molecule has 0 spiro atoms. The van der Waals surface area contributed by atoms with Crippen molar-refractivity contribution >= 4 is 28.1 Å². The minimum atomic E-state index is -0.443.